The van der Waals surface area contributed by atoms with E-state index < -0.39 is 11.9 Å². The van der Waals surface area contributed by atoms with E-state index in [1.165, 1.54) is 12.1 Å². The standard InChI is InChI=1S/C14H20N2O3/c1-8(2)15-13(18)10(4)16-14(19)11-6-5-9(3)7-12(11)17/h5-8,10,17H,1-4H3,(H,15,18)(H,16,19). The predicted octanol–water partition coefficient (Wildman–Crippen LogP) is 1.34. The third kappa shape index (κ3) is 4.28. The Balaban J connectivity index is 2.71. The summed E-state index contributed by atoms with van der Waals surface area (Å²) in [7, 11) is 0. The summed E-state index contributed by atoms with van der Waals surface area (Å²) in [5, 5.41) is 15.0. The normalized spacial score (nSPS) is 12.1. The molecule has 0 saturated carbocycles. The Morgan fingerprint density at radius 3 is 2.32 bits per heavy atom. The zero-order chi connectivity index (χ0) is 14.6. The van der Waals surface area contributed by atoms with Gasteiger partial charge in [-0.25, -0.2) is 0 Å². The lowest BCUT2D eigenvalue weighted by molar-refractivity contribution is -0.123. The first-order valence-electron chi connectivity index (χ1n) is 6.22. The maximum Gasteiger partial charge on any atom is 0.255 e. The number of carbonyl (C=O) groups excluding carboxylic acids is 2. The molecule has 104 valence electrons. The van der Waals surface area contributed by atoms with Gasteiger partial charge < -0.3 is 15.7 Å². The number of phenolic OH excluding ortho intramolecular Hbond substituents is 1. The van der Waals surface area contributed by atoms with Crippen molar-refractivity contribution in [2.24, 2.45) is 0 Å². The van der Waals surface area contributed by atoms with E-state index in [2.05, 4.69) is 10.6 Å². The van der Waals surface area contributed by atoms with Gasteiger partial charge in [-0.1, -0.05) is 6.07 Å². The molecule has 0 aromatic heterocycles. The minimum absolute atomic E-state index is 0.0135. The fourth-order valence-electron chi connectivity index (χ4n) is 1.58. The van der Waals surface area contributed by atoms with Gasteiger partial charge in [0.25, 0.3) is 5.91 Å². The fourth-order valence-corrected chi connectivity index (χ4v) is 1.58. The summed E-state index contributed by atoms with van der Waals surface area (Å²) in [6, 6.07) is 4.13. The molecule has 1 unspecified atom stereocenters. The number of benzene rings is 1. The second kappa shape index (κ2) is 6.22. The van der Waals surface area contributed by atoms with E-state index in [4.69, 9.17) is 0 Å². The third-order valence-corrected chi connectivity index (χ3v) is 2.57. The van der Waals surface area contributed by atoms with Crippen LogP contribution in [0, 0.1) is 6.92 Å². The summed E-state index contributed by atoms with van der Waals surface area (Å²) >= 11 is 0. The maximum absolute atomic E-state index is 11.9. The van der Waals surface area contributed by atoms with Crippen LogP contribution in [-0.2, 0) is 4.79 Å². The maximum atomic E-state index is 11.9. The number of hydrogen-bond donors (Lipinski definition) is 3. The number of phenols is 1. The number of carbonyl (C=O) groups is 2. The van der Waals surface area contributed by atoms with E-state index >= 15 is 0 Å². The van der Waals surface area contributed by atoms with Crippen LogP contribution in [0.4, 0.5) is 0 Å². The molecule has 1 atom stereocenters. The topological polar surface area (TPSA) is 78.4 Å². The first kappa shape index (κ1) is 15.0. The van der Waals surface area contributed by atoms with Crippen molar-refractivity contribution < 1.29 is 14.7 Å². The summed E-state index contributed by atoms with van der Waals surface area (Å²) in [5.74, 6) is -0.812. The highest BCUT2D eigenvalue weighted by Gasteiger charge is 2.18. The van der Waals surface area contributed by atoms with Crippen LogP contribution < -0.4 is 10.6 Å². The smallest absolute Gasteiger partial charge is 0.255 e. The van der Waals surface area contributed by atoms with E-state index in [-0.39, 0.29) is 23.3 Å². The number of hydrogen-bond acceptors (Lipinski definition) is 3. The summed E-state index contributed by atoms with van der Waals surface area (Å²) in [5.41, 5.74) is 1.02. The van der Waals surface area contributed by atoms with Crippen molar-refractivity contribution in [2.45, 2.75) is 39.8 Å². The summed E-state index contributed by atoms with van der Waals surface area (Å²) < 4.78 is 0. The van der Waals surface area contributed by atoms with Crippen molar-refractivity contribution in [3.05, 3.63) is 29.3 Å². The Morgan fingerprint density at radius 1 is 1.16 bits per heavy atom. The van der Waals surface area contributed by atoms with Gasteiger partial charge in [-0.15, -0.1) is 0 Å². The number of aryl methyl sites for hydroxylation is 1. The van der Waals surface area contributed by atoms with Crippen LogP contribution in [0.15, 0.2) is 18.2 Å². The number of nitrogens with one attached hydrogen (secondary N) is 2. The van der Waals surface area contributed by atoms with Gasteiger partial charge in [0.1, 0.15) is 11.8 Å². The van der Waals surface area contributed by atoms with Crippen LogP contribution in [0.25, 0.3) is 0 Å². The zero-order valence-electron chi connectivity index (χ0n) is 11.7. The molecular formula is C14H20N2O3. The molecule has 0 bridgehead atoms. The molecule has 0 spiro atoms. The average molecular weight is 264 g/mol. The second-order valence-corrected chi connectivity index (χ2v) is 4.88. The van der Waals surface area contributed by atoms with Gasteiger partial charge in [0.05, 0.1) is 5.56 Å². The van der Waals surface area contributed by atoms with Crippen molar-refractivity contribution in [3.8, 4) is 5.75 Å². The molecule has 1 rings (SSSR count). The number of amides is 2. The lowest BCUT2D eigenvalue weighted by Crippen LogP contribution is -2.46. The van der Waals surface area contributed by atoms with Crippen LogP contribution in [0.2, 0.25) is 0 Å². The highest BCUT2D eigenvalue weighted by atomic mass is 16.3. The minimum atomic E-state index is -0.657. The molecule has 0 aliphatic rings. The molecule has 0 saturated heterocycles. The molecule has 19 heavy (non-hydrogen) atoms. The van der Waals surface area contributed by atoms with Crippen LogP contribution >= 0.6 is 0 Å². The molecule has 0 fully saturated rings. The van der Waals surface area contributed by atoms with Crippen molar-refractivity contribution in [2.75, 3.05) is 0 Å². The van der Waals surface area contributed by atoms with E-state index in [1.54, 1.807) is 13.0 Å². The summed E-state index contributed by atoms with van der Waals surface area (Å²) in [6.45, 7) is 7.11. The number of rotatable bonds is 4. The van der Waals surface area contributed by atoms with E-state index in [9.17, 15) is 14.7 Å². The SMILES string of the molecule is Cc1ccc(C(=O)NC(C)C(=O)NC(C)C)c(O)c1. The second-order valence-electron chi connectivity index (χ2n) is 4.88. The lowest BCUT2D eigenvalue weighted by atomic mass is 10.1. The van der Waals surface area contributed by atoms with Crippen molar-refractivity contribution in [1.29, 1.82) is 0 Å². The van der Waals surface area contributed by atoms with E-state index in [0.717, 1.165) is 5.56 Å². The largest absolute Gasteiger partial charge is 0.507 e. The average Bonchev–Trinajstić information content (AvgIpc) is 2.27. The molecule has 0 aliphatic heterocycles. The third-order valence-electron chi connectivity index (χ3n) is 2.57. The van der Waals surface area contributed by atoms with Crippen molar-refractivity contribution in [3.63, 3.8) is 0 Å². The van der Waals surface area contributed by atoms with E-state index in [1.807, 2.05) is 20.8 Å². The van der Waals surface area contributed by atoms with Gasteiger partial charge in [0.15, 0.2) is 0 Å². The van der Waals surface area contributed by atoms with Gasteiger partial charge in [0.2, 0.25) is 5.91 Å². The number of aromatic hydroxyl groups is 1. The Bertz CT molecular complexity index is 484. The predicted molar refractivity (Wildman–Crippen MR) is 73.1 cm³/mol. The molecule has 5 nitrogen and oxygen atoms in total. The molecule has 1 aromatic rings. The highest BCUT2D eigenvalue weighted by Crippen LogP contribution is 2.18. The molecule has 0 radical (unpaired) electrons. The Labute approximate surface area is 113 Å². The Kier molecular flexibility index (Phi) is 4.92. The van der Waals surface area contributed by atoms with Gasteiger partial charge in [0, 0.05) is 6.04 Å². The molecule has 5 heteroatoms. The van der Waals surface area contributed by atoms with Crippen molar-refractivity contribution in [1.82, 2.24) is 10.6 Å². The van der Waals surface area contributed by atoms with Gasteiger partial charge in [-0.05, 0) is 45.4 Å². The molecule has 3 N–H and O–H groups in total. The molecule has 0 heterocycles. The highest BCUT2D eigenvalue weighted by molar-refractivity contribution is 5.99. The summed E-state index contributed by atoms with van der Waals surface area (Å²) in [4.78, 5) is 23.6. The Morgan fingerprint density at radius 2 is 1.79 bits per heavy atom. The molecule has 1 aromatic carbocycles. The Hall–Kier alpha value is -2.04. The monoisotopic (exact) mass is 264 g/mol. The molecule has 2 amide bonds. The van der Waals surface area contributed by atoms with Gasteiger partial charge in [-0.2, -0.15) is 0 Å². The molecular weight excluding hydrogens is 244 g/mol. The first-order chi connectivity index (χ1) is 8.81. The van der Waals surface area contributed by atoms with Crippen molar-refractivity contribution >= 4 is 11.8 Å². The van der Waals surface area contributed by atoms with E-state index in [0.29, 0.717) is 0 Å². The summed E-state index contributed by atoms with van der Waals surface area (Å²) in [6.07, 6.45) is 0. The minimum Gasteiger partial charge on any atom is -0.507 e. The zero-order valence-corrected chi connectivity index (χ0v) is 11.7. The molecule has 0 aliphatic carbocycles. The lowest BCUT2D eigenvalue weighted by Gasteiger charge is -2.16. The van der Waals surface area contributed by atoms with Crippen LogP contribution in [0.5, 0.6) is 5.75 Å². The van der Waals surface area contributed by atoms with Crippen LogP contribution in [0.1, 0.15) is 36.7 Å². The van der Waals surface area contributed by atoms with Crippen LogP contribution in [-0.4, -0.2) is 29.0 Å². The first-order valence-corrected chi connectivity index (χ1v) is 6.22. The van der Waals surface area contributed by atoms with Gasteiger partial charge in [-0.3, -0.25) is 9.59 Å². The van der Waals surface area contributed by atoms with Gasteiger partial charge >= 0.3 is 0 Å². The van der Waals surface area contributed by atoms with Crippen LogP contribution in [0.3, 0.4) is 0 Å². The quantitative estimate of drug-likeness (QED) is 0.768. The fraction of sp³-hybridized carbons (Fsp3) is 0.429.